The maximum Gasteiger partial charge on any atom is 0.410 e. The Kier molecular flexibility index (Phi) is 5.14. The second-order valence-corrected chi connectivity index (χ2v) is 9.09. The van der Waals surface area contributed by atoms with Gasteiger partial charge < -0.3 is 14.4 Å². The second kappa shape index (κ2) is 6.93. The van der Waals surface area contributed by atoms with E-state index in [2.05, 4.69) is 0 Å². The van der Waals surface area contributed by atoms with Crippen molar-refractivity contribution in [1.82, 2.24) is 4.90 Å². The Morgan fingerprint density at radius 1 is 1.46 bits per heavy atom. The van der Waals surface area contributed by atoms with E-state index in [0.29, 0.717) is 30.9 Å². The summed E-state index contributed by atoms with van der Waals surface area (Å²) in [6, 6.07) is 1.79. The van der Waals surface area contributed by atoms with Crippen molar-refractivity contribution in [3.05, 3.63) is 27.5 Å². The summed E-state index contributed by atoms with van der Waals surface area (Å²) in [5.41, 5.74) is 0.0627. The van der Waals surface area contributed by atoms with Crippen LogP contribution in [0.5, 0.6) is 0 Å². The molecule has 2 atom stereocenters. The van der Waals surface area contributed by atoms with E-state index in [1.165, 1.54) is 11.3 Å². The fourth-order valence-corrected chi connectivity index (χ4v) is 5.07. The molecule has 4 nitrogen and oxygen atoms in total. The molecule has 1 amide bonds. The van der Waals surface area contributed by atoms with Gasteiger partial charge in [-0.2, -0.15) is 8.78 Å². The first kappa shape index (κ1) is 19.3. The Morgan fingerprint density at radius 2 is 2.19 bits per heavy atom. The van der Waals surface area contributed by atoms with Crippen LogP contribution in [-0.2, 0) is 21.5 Å². The van der Waals surface area contributed by atoms with Crippen molar-refractivity contribution >= 4 is 23.5 Å². The number of rotatable bonds is 1. The van der Waals surface area contributed by atoms with Crippen LogP contribution in [-0.4, -0.2) is 35.8 Å². The predicted octanol–water partition coefficient (Wildman–Crippen LogP) is 5.17. The highest BCUT2D eigenvalue weighted by Gasteiger charge is 2.46. The molecule has 3 heterocycles. The van der Waals surface area contributed by atoms with Gasteiger partial charge in [-0.15, -0.1) is 11.3 Å². The summed E-state index contributed by atoms with van der Waals surface area (Å²) in [5.74, 6) is 0. The predicted molar refractivity (Wildman–Crippen MR) is 97.5 cm³/mol. The van der Waals surface area contributed by atoms with Crippen LogP contribution in [0.3, 0.4) is 0 Å². The molecule has 1 aromatic rings. The topological polar surface area (TPSA) is 38.8 Å². The van der Waals surface area contributed by atoms with Crippen molar-refractivity contribution in [2.75, 3.05) is 13.2 Å². The summed E-state index contributed by atoms with van der Waals surface area (Å²) in [7, 11) is 0. The van der Waals surface area contributed by atoms with E-state index in [1.54, 1.807) is 4.90 Å². The van der Waals surface area contributed by atoms with Crippen molar-refractivity contribution in [2.45, 2.75) is 64.2 Å². The number of hydrogen-bond donors (Lipinski definition) is 0. The molecule has 2 aliphatic rings. The number of halogens is 2. The van der Waals surface area contributed by atoms with Crippen LogP contribution in [0, 0.1) is 0 Å². The van der Waals surface area contributed by atoms with E-state index in [4.69, 9.17) is 9.47 Å². The summed E-state index contributed by atoms with van der Waals surface area (Å²) in [4.78, 5) is 15.8. The van der Waals surface area contributed by atoms with Gasteiger partial charge in [0.05, 0.1) is 6.61 Å². The first-order chi connectivity index (χ1) is 12.1. The first-order valence-electron chi connectivity index (χ1n) is 8.89. The SMILES string of the molecule is C[C@H]1C[C@@]2(CCN1C(=O)OC(C)(C)C)OCCc1cc(C=C(F)F)sc12. The lowest BCUT2D eigenvalue weighted by molar-refractivity contribution is -0.108. The molecule has 0 bridgehead atoms. The van der Waals surface area contributed by atoms with Crippen molar-refractivity contribution < 1.29 is 23.0 Å². The standard InChI is InChI=1S/C19H25F2NO3S/c1-12-11-19(6-7-22(12)17(23)25-18(2,3)4)16-13(5-8-24-19)9-14(26-16)10-15(20)21/h9-10,12H,5-8,11H2,1-4H3/t12-,19+/m0/s1. The van der Waals surface area contributed by atoms with E-state index >= 15 is 0 Å². The quantitative estimate of drug-likeness (QED) is 0.669. The van der Waals surface area contributed by atoms with Gasteiger partial charge in [-0.25, -0.2) is 4.79 Å². The number of carbonyl (C=O) groups is 1. The fourth-order valence-electron chi connectivity index (χ4n) is 3.76. The van der Waals surface area contributed by atoms with Gasteiger partial charge in [-0.1, -0.05) is 0 Å². The van der Waals surface area contributed by atoms with Gasteiger partial charge in [0, 0.05) is 34.8 Å². The van der Waals surface area contributed by atoms with Gasteiger partial charge in [-0.3, -0.25) is 0 Å². The average molecular weight is 385 g/mol. The van der Waals surface area contributed by atoms with Crippen LogP contribution >= 0.6 is 11.3 Å². The minimum absolute atomic E-state index is 0.0523. The number of hydrogen-bond acceptors (Lipinski definition) is 4. The smallest absolute Gasteiger partial charge is 0.410 e. The maximum atomic E-state index is 12.6. The number of thiophene rings is 1. The number of piperidine rings is 1. The summed E-state index contributed by atoms with van der Waals surface area (Å²) in [6.45, 7) is 8.63. The average Bonchev–Trinajstić information content (AvgIpc) is 2.88. The summed E-state index contributed by atoms with van der Waals surface area (Å²) in [5, 5.41) is 0. The van der Waals surface area contributed by atoms with E-state index in [1.807, 2.05) is 33.8 Å². The zero-order valence-corrected chi connectivity index (χ0v) is 16.4. The molecule has 1 saturated heterocycles. The van der Waals surface area contributed by atoms with E-state index in [0.717, 1.165) is 22.9 Å². The number of amides is 1. The molecule has 3 rings (SSSR count). The Bertz CT molecular complexity index is 721. The van der Waals surface area contributed by atoms with Crippen LogP contribution < -0.4 is 0 Å². The molecule has 2 aliphatic heterocycles. The molecule has 144 valence electrons. The van der Waals surface area contributed by atoms with E-state index in [9.17, 15) is 13.6 Å². The molecule has 0 aliphatic carbocycles. The molecule has 0 saturated carbocycles. The minimum atomic E-state index is -1.69. The molecular weight excluding hydrogens is 360 g/mol. The van der Waals surface area contributed by atoms with Gasteiger partial charge in [0.25, 0.3) is 6.08 Å². The second-order valence-electron chi connectivity index (χ2n) is 8.01. The molecule has 0 aromatic carbocycles. The molecule has 1 aromatic heterocycles. The monoisotopic (exact) mass is 385 g/mol. The Balaban J connectivity index is 1.81. The summed E-state index contributed by atoms with van der Waals surface area (Å²) < 4.78 is 36.9. The minimum Gasteiger partial charge on any atom is -0.444 e. The third kappa shape index (κ3) is 3.93. The number of nitrogens with zero attached hydrogens (tertiary/aromatic N) is 1. The van der Waals surface area contributed by atoms with Crippen LogP contribution in [0.25, 0.3) is 6.08 Å². The Labute approximate surface area is 156 Å². The van der Waals surface area contributed by atoms with Gasteiger partial charge in [0.15, 0.2) is 0 Å². The lowest BCUT2D eigenvalue weighted by Crippen LogP contribution is -2.53. The highest BCUT2D eigenvalue weighted by molar-refractivity contribution is 7.13. The molecule has 26 heavy (non-hydrogen) atoms. The first-order valence-corrected chi connectivity index (χ1v) is 9.71. The Hall–Kier alpha value is -1.47. The van der Waals surface area contributed by atoms with Crippen molar-refractivity contribution in [3.63, 3.8) is 0 Å². The molecule has 0 radical (unpaired) electrons. The third-order valence-corrected chi connectivity index (χ3v) is 6.09. The largest absolute Gasteiger partial charge is 0.444 e. The lowest BCUT2D eigenvalue weighted by Gasteiger charge is -2.46. The number of fused-ring (bicyclic) bond motifs is 2. The van der Waals surface area contributed by atoms with Gasteiger partial charge in [0.1, 0.15) is 11.2 Å². The van der Waals surface area contributed by atoms with Gasteiger partial charge in [-0.05, 0) is 52.2 Å². The zero-order chi connectivity index (χ0) is 19.1. The van der Waals surface area contributed by atoms with Crippen LogP contribution in [0.15, 0.2) is 12.1 Å². The Morgan fingerprint density at radius 3 is 2.81 bits per heavy atom. The number of carbonyl (C=O) groups excluding carboxylic acids is 1. The molecule has 0 N–H and O–H groups in total. The highest BCUT2D eigenvalue weighted by Crippen LogP contribution is 2.47. The normalized spacial score (nSPS) is 25.8. The van der Waals surface area contributed by atoms with Crippen LogP contribution in [0.1, 0.15) is 55.9 Å². The summed E-state index contributed by atoms with van der Waals surface area (Å²) >= 11 is 1.37. The van der Waals surface area contributed by atoms with Crippen LogP contribution in [0.2, 0.25) is 0 Å². The third-order valence-electron chi connectivity index (χ3n) is 4.78. The van der Waals surface area contributed by atoms with Crippen molar-refractivity contribution in [2.24, 2.45) is 0 Å². The molecule has 0 unspecified atom stereocenters. The molecular formula is C19H25F2NO3S. The summed E-state index contributed by atoms with van der Waals surface area (Å²) in [6.07, 6.45) is 0.929. The van der Waals surface area contributed by atoms with E-state index < -0.39 is 17.3 Å². The van der Waals surface area contributed by atoms with E-state index in [-0.39, 0.29) is 12.1 Å². The molecule has 1 fully saturated rings. The number of ether oxygens (including phenoxy) is 2. The zero-order valence-electron chi connectivity index (χ0n) is 15.6. The number of likely N-dealkylation sites (tertiary alicyclic amines) is 1. The lowest BCUT2D eigenvalue weighted by atomic mass is 9.82. The van der Waals surface area contributed by atoms with Gasteiger partial charge in [0.2, 0.25) is 0 Å². The fraction of sp³-hybridized carbons (Fsp3) is 0.632. The highest BCUT2D eigenvalue weighted by atomic mass is 32.1. The van der Waals surface area contributed by atoms with Crippen LogP contribution in [0.4, 0.5) is 13.6 Å². The molecule has 7 heteroatoms. The van der Waals surface area contributed by atoms with Gasteiger partial charge >= 0.3 is 6.09 Å². The maximum absolute atomic E-state index is 12.6. The molecule has 1 spiro atoms. The van der Waals surface area contributed by atoms with Crippen molar-refractivity contribution in [1.29, 1.82) is 0 Å². The van der Waals surface area contributed by atoms with Crippen molar-refractivity contribution in [3.8, 4) is 0 Å².